The van der Waals surface area contributed by atoms with Crippen LogP contribution in [0.25, 0.3) is 0 Å². The average molecular weight is 223 g/mol. The third kappa shape index (κ3) is 2.06. The van der Waals surface area contributed by atoms with Crippen LogP contribution in [0.5, 0.6) is 0 Å². The van der Waals surface area contributed by atoms with Gasteiger partial charge in [0.1, 0.15) is 12.7 Å². The third-order valence-electron chi connectivity index (χ3n) is 2.71. The second-order valence-corrected chi connectivity index (χ2v) is 4.90. The van der Waals surface area contributed by atoms with Crippen LogP contribution in [0.15, 0.2) is 16.6 Å². The molecule has 3 nitrogen and oxygen atoms in total. The molecule has 2 heterocycles. The smallest absolute Gasteiger partial charge is 0.145 e. The fourth-order valence-corrected chi connectivity index (χ4v) is 2.74. The first-order valence-corrected chi connectivity index (χ1v) is 6.18. The largest absolute Gasteiger partial charge is 0.393 e. The summed E-state index contributed by atoms with van der Waals surface area (Å²) in [5.74, 6) is 0. The zero-order valence-electron chi connectivity index (χ0n) is 8.44. The summed E-state index contributed by atoms with van der Waals surface area (Å²) in [6.45, 7) is 1.43. The third-order valence-corrected chi connectivity index (χ3v) is 3.69. The predicted octanol–water partition coefficient (Wildman–Crippen LogP) is 2.20. The standard InChI is InChI=1S/C11H13NO2S/c1-2-10(12-14-7-8-6-13-8)9-4-5-15-11(9)3-1/h4-5,8H,1-3,6-7H2. The number of epoxide rings is 1. The highest BCUT2D eigenvalue weighted by Gasteiger charge is 2.23. The van der Waals surface area contributed by atoms with Crippen molar-refractivity contribution in [3.05, 3.63) is 21.9 Å². The number of aryl methyl sites for hydroxylation is 1. The van der Waals surface area contributed by atoms with Crippen molar-refractivity contribution in [1.29, 1.82) is 0 Å². The van der Waals surface area contributed by atoms with Crippen LogP contribution in [0, 0.1) is 0 Å². The number of fused-ring (bicyclic) bond motifs is 1. The molecule has 0 bridgehead atoms. The summed E-state index contributed by atoms with van der Waals surface area (Å²) in [4.78, 5) is 6.74. The van der Waals surface area contributed by atoms with Crippen molar-refractivity contribution in [2.24, 2.45) is 5.16 Å². The first kappa shape index (κ1) is 9.36. The number of hydrogen-bond acceptors (Lipinski definition) is 4. The maximum Gasteiger partial charge on any atom is 0.145 e. The van der Waals surface area contributed by atoms with Gasteiger partial charge in [0.2, 0.25) is 0 Å². The average Bonchev–Trinajstić information content (AvgIpc) is 2.95. The molecule has 0 radical (unpaired) electrons. The van der Waals surface area contributed by atoms with E-state index in [1.807, 2.05) is 11.3 Å². The van der Waals surface area contributed by atoms with E-state index in [2.05, 4.69) is 16.6 Å². The molecule has 0 spiro atoms. The van der Waals surface area contributed by atoms with Crippen LogP contribution in [-0.2, 0) is 16.0 Å². The van der Waals surface area contributed by atoms with Gasteiger partial charge in [-0.25, -0.2) is 0 Å². The Hall–Kier alpha value is -0.870. The van der Waals surface area contributed by atoms with Crippen molar-refractivity contribution >= 4 is 17.0 Å². The van der Waals surface area contributed by atoms with Gasteiger partial charge in [0.05, 0.1) is 12.3 Å². The molecule has 1 aromatic heterocycles. The summed E-state index contributed by atoms with van der Waals surface area (Å²) in [6.07, 6.45) is 3.71. The van der Waals surface area contributed by atoms with Crippen molar-refractivity contribution in [2.75, 3.05) is 13.2 Å². The topological polar surface area (TPSA) is 34.1 Å². The Balaban J connectivity index is 1.70. The molecule has 1 fully saturated rings. The summed E-state index contributed by atoms with van der Waals surface area (Å²) in [5.41, 5.74) is 2.40. The van der Waals surface area contributed by atoms with Gasteiger partial charge in [0, 0.05) is 10.4 Å². The number of rotatable bonds is 3. The van der Waals surface area contributed by atoms with E-state index in [9.17, 15) is 0 Å². The highest BCUT2D eigenvalue weighted by atomic mass is 32.1. The second kappa shape index (κ2) is 3.94. The second-order valence-electron chi connectivity index (χ2n) is 3.90. The molecule has 1 saturated heterocycles. The van der Waals surface area contributed by atoms with Gasteiger partial charge in [-0.1, -0.05) is 5.16 Å². The molecule has 3 rings (SSSR count). The van der Waals surface area contributed by atoms with E-state index < -0.39 is 0 Å². The predicted molar refractivity (Wildman–Crippen MR) is 59.5 cm³/mol. The van der Waals surface area contributed by atoms with Gasteiger partial charge in [-0.05, 0) is 30.7 Å². The molecule has 1 aromatic rings. The molecule has 0 N–H and O–H groups in total. The SMILES string of the molecule is c1cc2c(s1)CCCC2=NOCC1CO1. The van der Waals surface area contributed by atoms with Crippen LogP contribution >= 0.6 is 11.3 Å². The van der Waals surface area contributed by atoms with Crippen molar-refractivity contribution < 1.29 is 9.57 Å². The minimum Gasteiger partial charge on any atom is -0.393 e. The summed E-state index contributed by atoms with van der Waals surface area (Å²) in [5, 5.41) is 6.35. The van der Waals surface area contributed by atoms with E-state index in [1.165, 1.54) is 23.3 Å². The van der Waals surface area contributed by atoms with E-state index in [-0.39, 0.29) is 0 Å². The van der Waals surface area contributed by atoms with Gasteiger partial charge in [0.25, 0.3) is 0 Å². The Morgan fingerprint density at radius 3 is 3.33 bits per heavy atom. The number of hydrogen-bond donors (Lipinski definition) is 0. The Kier molecular flexibility index (Phi) is 2.46. The Bertz CT molecular complexity index is 382. The van der Waals surface area contributed by atoms with Crippen molar-refractivity contribution in [3.8, 4) is 0 Å². The molecule has 2 aliphatic rings. The quantitative estimate of drug-likeness (QED) is 0.581. The monoisotopic (exact) mass is 223 g/mol. The van der Waals surface area contributed by atoms with Gasteiger partial charge in [-0.3, -0.25) is 0 Å². The van der Waals surface area contributed by atoms with E-state index in [0.717, 1.165) is 18.7 Å². The number of ether oxygens (including phenoxy) is 1. The molecule has 1 aliphatic heterocycles. The first-order valence-electron chi connectivity index (χ1n) is 5.30. The Morgan fingerprint density at radius 2 is 2.47 bits per heavy atom. The highest BCUT2D eigenvalue weighted by Crippen LogP contribution is 2.26. The zero-order valence-corrected chi connectivity index (χ0v) is 9.26. The molecule has 1 aliphatic carbocycles. The van der Waals surface area contributed by atoms with Gasteiger partial charge < -0.3 is 9.57 Å². The van der Waals surface area contributed by atoms with Gasteiger partial charge in [0.15, 0.2) is 0 Å². The lowest BCUT2D eigenvalue weighted by molar-refractivity contribution is 0.124. The molecule has 0 aromatic carbocycles. The molecule has 15 heavy (non-hydrogen) atoms. The normalized spacial score (nSPS) is 26.4. The molecule has 1 unspecified atom stereocenters. The fraction of sp³-hybridized carbons (Fsp3) is 0.545. The lowest BCUT2D eigenvalue weighted by atomic mass is 9.97. The Labute approximate surface area is 92.7 Å². The van der Waals surface area contributed by atoms with Crippen molar-refractivity contribution in [3.63, 3.8) is 0 Å². The summed E-state index contributed by atoms with van der Waals surface area (Å²) in [7, 11) is 0. The molecule has 4 heteroatoms. The summed E-state index contributed by atoms with van der Waals surface area (Å²) >= 11 is 1.82. The van der Waals surface area contributed by atoms with E-state index in [0.29, 0.717) is 12.7 Å². The lowest BCUT2D eigenvalue weighted by Crippen LogP contribution is -2.10. The maximum absolute atomic E-state index is 5.29. The lowest BCUT2D eigenvalue weighted by Gasteiger charge is -2.12. The van der Waals surface area contributed by atoms with E-state index >= 15 is 0 Å². The molecular weight excluding hydrogens is 210 g/mol. The zero-order chi connectivity index (χ0) is 10.1. The van der Waals surface area contributed by atoms with Crippen LogP contribution in [-0.4, -0.2) is 25.0 Å². The Morgan fingerprint density at radius 1 is 1.53 bits per heavy atom. The minimum atomic E-state index is 0.292. The van der Waals surface area contributed by atoms with E-state index in [1.54, 1.807) is 0 Å². The first-order chi connectivity index (χ1) is 7.43. The van der Waals surface area contributed by atoms with Gasteiger partial charge in [-0.15, -0.1) is 11.3 Å². The summed E-state index contributed by atoms with van der Waals surface area (Å²) in [6, 6.07) is 2.15. The van der Waals surface area contributed by atoms with Crippen LogP contribution in [0.2, 0.25) is 0 Å². The van der Waals surface area contributed by atoms with Crippen molar-refractivity contribution in [2.45, 2.75) is 25.4 Å². The molecule has 0 amide bonds. The molecule has 1 atom stereocenters. The fourth-order valence-electron chi connectivity index (χ4n) is 1.80. The highest BCUT2D eigenvalue weighted by molar-refractivity contribution is 7.10. The van der Waals surface area contributed by atoms with Crippen LogP contribution in [0.1, 0.15) is 23.3 Å². The maximum atomic E-state index is 5.29. The molecular formula is C11H13NO2S. The number of oxime groups is 1. The number of thiophene rings is 1. The van der Waals surface area contributed by atoms with Crippen LogP contribution in [0.4, 0.5) is 0 Å². The van der Waals surface area contributed by atoms with E-state index in [4.69, 9.17) is 9.57 Å². The van der Waals surface area contributed by atoms with Gasteiger partial charge >= 0.3 is 0 Å². The molecule has 80 valence electrons. The summed E-state index contributed by atoms with van der Waals surface area (Å²) < 4.78 is 5.06. The molecule has 0 saturated carbocycles. The minimum absolute atomic E-state index is 0.292. The number of nitrogens with zero attached hydrogens (tertiary/aromatic N) is 1. The van der Waals surface area contributed by atoms with Crippen LogP contribution in [0.3, 0.4) is 0 Å². The van der Waals surface area contributed by atoms with Crippen LogP contribution < -0.4 is 0 Å². The van der Waals surface area contributed by atoms with Gasteiger partial charge in [-0.2, -0.15) is 0 Å². The van der Waals surface area contributed by atoms with Crippen molar-refractivity contribution in [1.82, 2.24) is 0 Å².